The maximum Gasteiger partial charge on any atom is 0.123 e. The topological polar surface area (TPSA) is 0 Å². The van der Waals surface area contributed by atoms with Crippen LogP contribution in [0, 0.1) is 5.82 Å². The summed E-state index contributed by atoms with van der Waals surface area (Å²) in [5.41, 5.74) is 2.80. The van der Waals surface area contributed by atoms with Crippen molar-refractivity contribution >= 4 is 23.4 Å². The zero-order chi connectivity index (χ0) is 19.3. The minimum absolute atomic E-state index is 0.130. The summed E-state index contributed by atoms with van der Waals surface area (Å²) in [4.78, 5) is 2.24. The fourth-order valence-electron chi connectivity index (χ4n) is 3.18. The summed E-state index contributed by atoms with van der Waals surface area (Å²) < 4.78 is 13.1. The summed E-state index contributed by atoms with van der Waals surface area (Å²) in [7, 11) is 0. The van der Waals surface area contributed by atoms with Crippen molar-refractivity contribution in [1.29, 1.82) is 0 Å². The first-order valence-electron chi connectivity index (χ1n) is 9.21. The van der Waals surface area contributed by atoms with Gasteiger partial charge in [0.2, 0.25) is 0 Å². The van der Waals surface area contributed by atoms with E-state index in [2.05, 4.69) is 50.2 Å². The number of hydrogen-bond donors (Lipinski definition) is 0. The Balaban J connectivity index is 1.58. The van der Waals surface area contributed by atoms with Crippen LogP contribution >= 0.6 is 23.4 Å². The molecule has 0 aromatic heterocycles. The van der Waals surface area contributed by atoms with Crippen molar-refractivity contribution in [2.75, 3.05) is 0 Å². The van der Waals surface area contributed by atoms with Gasteiger partial charge in [0.25, 0.3) is 0 Å². The zero-order valence-corrected chi connectivity index (χ0v) is 17.3. The summed E-state index contributed by atoms with van der Waals surface area (Å²) >= 11 is 7.67. The first-order valence-corrected chi connectivity index (χ1v) is 10.4. The lowest BCUT2D eigenvalue weighted by atomic mass is 9.80. The highest BCUT2D eigenvalue weighted by atomic mass is 35.5. The van der Waals surface area contributed by atoms with Crippen LogP contribution < -0.4 is 0 Å². The van der Waals surface area contributed by atoms with Crippen LogP contribution in [0.2, 0.25) is 5.02 Å². The van der Waals surface area contributed by atoms with Crippen LogP contribution in [0.5, 0.6) is 0 Å². The van der Waals surface area contributed by atoms with E-state index in [1.165, 1.54) is 28.2 Å². The van der Waals surface area contributed by atoms with Crippen LogP contribution in [-0.4, -0.2) is 0 Å². The molecule has 0 unspecified atom stereocenters. The second-order valence-electron chi connectivity index (χ2n) is 7.45. The predicted molar refractivity (Wildman–Crippen MR) is 114 cm³/mol. The van der Waals surface area contributed by atoms with Crippen molar-refractivity contribution in [3.8, 4) is 0 Å². The fourth-order valence-corrected chi connectivity index (χ4v) is 4.21. The first kappa shape index (κ1) is 20.0. The summed E-state index contributed by atoms with van der Waals surface area (Å²) in [6.45, 7) is 4.58. The molecule has 0 saturated heterocycles. The Morgan fingerprint density at radius 3 is 2.30 bits per heavy atom. The number of halogens is 2. The molecule has 0 fully saturated rings. The highest BCUT2D eigenvalue weighted by Crippen LogP contribution is 2.31. The molecule has 0 aliphatic carbocycles. The van der Waals surface area contributed by atoms with Crippen molar-refractivity contribution in [3.05, 3.63) is 94.8 Å². The molecular formula is C24H24ClFS. The first-order chi connectivity index (χ1) is 12.9. The van der Waals surface area contributed by atoms with Gasteiger partial charge in [-0.25, -0.2) is 4.39 Å². The van der Waals surface area contributed by atoms with Gasteiger partial charge in [-0.05, 0) is 84.3 Å². The molecule has 0 spiro atoms. The summed E-state index contributed by atoms with van der Waals surface area (Å²) in [6.07, 6.45) is 3.29. The lowest BCUT2D eigenvalue weighted by Gasteiger charge is -2.25. The Labute approximate surface area is 170 Å². The highest BCUT2D eigenvalue weighted by molar-refractivity contribution is 7.99. The Morgan fingerprint density at radius 1 is 0.889 bits per heavy atom. The van der Waals surface area contributed by atoms with Crippen LogP contribution in [0.15, 0.2) is 82.6 Å². The van der Waals surface area contributed by atoms with Gasteiger partial charge in [-0.2, -0.15) is 0 Å². The molecular weight excluding hydrogens is 375 g/mol. The van der Waals surface area contributed by atoms with E-state index in [-0.39, 0.29) is 11.2 Å². The molecule has 0 amide bonds. The molecule has 3 heteroatoms. The monoisotopic (exact) mass is 398 g/mol. The van der Waals surface area contributed by atoms with Crippen molar-refractivity contribution < 1.29 is 4.39 Å². The van der Waals surface area contributed by atoms with E-state index in [0.717, 1.165) is 29.2 Å². The van der Waals surface area contributed by atoms with E-state index in [1.54, 1.807) is 11.8 Å². The number of benzene rings is 3. The van der Waals surface area contributed by atoms with Gasteiger partial charge in [-0.15, -0.1) is 0 Å². The van der Waals surface area contributed by atoms with E-state index in [9.17, 15) is 4.39 Å². The molecule has 3 aromatic carbocycles. The predicted octanol–water partition coefficient (Wildman–Crippen LogP) is 7.93. The third-order valence-corrected chi connectivity index (χ3v) is 6.09. The highest BCUT2D eigenvalue weighted by Gasteiger charge is 2.19. The minimum Gasteiger partial charge on any atom is -0.207 e. The van der Waals surface area contributed by atoms with Crippen molar-refractivity contribution in [2.24, 2.45) is 0 Å². The van der Waals surface area contributed by atoms with Gasteiger partial charge in [0.05, 0.1) is 0 Å². The molecule has 140 valence electrons. The van der Waals surface area contributed by atoms with Gasteiger partial charge in [-0.1, -0.05) is 61.5 Å². The average Bonchev–Trinajstić information content (AvgIpc) is 2.64. The lowest BCUT2D eigenvalue weighted by molar-refractivity contribution is 0.461. The molecule has 0 aliphatic rings. The third kappa shape index (κ3) is 5.85. The molecule has 0 bridgehead atoms. The Morgan fingerprint density at radius 2 is 1.59 bits per heavy atom. The van der Waals surface area contributed by atoms with Crippen molar-refractivity contribution in [3.63, 3.8) is 0 Å². The van der Waals surface area contributed by atoms with Crippen molar-refractivity contribution in [2.45, 2.75) is 48.3 Å². The molecule has 0 radical (unpaired) electrons. The van der Waals surface area contributed by atoms with Gasteiger partial charge in [0.15, 0.2) is 0 Å². The summed E-state index contributed by atoms with van der Waals surface area (Å²) in [5, 5.41) is 0.782. The Kier molecular flexibility index (Phi) is 6.62. The van der Waals surface area contributed by atoms with E-state index in [4.69, 9.17) is 11.6 Å². The number of rotatable bonds is 7. The molecule has 0 atom stereocenters. The molecule has 3 aromatic rings. The fraction of sp³-hybridized carbons (Fsp3) is 0.250. The van der Waals surface area contributed by atoms with E-state index in [0.29, 0.717) is 0 Å². The van der Waals surface area contributed by atoms with Gasteiger partial charge in [0.1, 0.15) is 5.82 Å². The van der Waals surface area contributed by atoms with Gasteiger partial charge in [0, 0.05) is 14.8 Å². The second-order valence-corrected chi connectivity index (χ2v) is 9.03. The van der Waals surface area contributed by atoms with Crippen LogP contribution in [-0.2, 0) is 11.8 Å². The van der Waals surface area contributed by atoms with E-state index in [1.807, 2.05) is 24.3 Å². The normalized spacial score (nSPS) is 11.6. The SMILES string of the molecule is CC(C)(CCCc1cccc(Sc2ccc(F)cc2)c1)c1ccc(Cl)cc1. The minimum atomic E-state index is -0.198. The van der Waals surface area contributed by atoms with Crippen LogP contribution in [0.4, 0.5) is 4.39 Å². The number of aryl methyl sites for hydroxylation is 1. The Hall–Kier alpha value is -1.77. The van der Waals surface area contributed by atoms with E-state index >= 15 is 0 Å². The molecule has 0 saturated carbocycles. The molecule has 27 heavy (non-hydrogen) atoms. The van der Waals surface area contributed by atoms with Crippen LogP contribution in [0.25, 0.3) is 0 Å². The van der Waals surface area contributed by atoms with Crippen molar-refractivity contribution in [1.82, 2.24) is 0 Å². The molecule has 0 aliphatic heterocycles. The Bertz CT molecular complexity index is 870. The van der Waals surface area contributed by atoms with Gasteiger partial charge >= 0.3 is 0 Å². The average molecular weight is 399 g/mol. The summed E-state index contributed by atoms with van der Waals surface area (Å²) in [5.74, 6) is -0.198. The second kappa shape index (κ2) is 8.95. The lowest BCUT2D eigenvalue weighted by Crippen LogP contribution is -2.17. The smallest absolute Gasteiger partial charge is 0.123 e. The quantitative estimate of drug-likeness (QED) is 0.389. The molecule has 0 N–H and O–H groups in total. The molecule has 3 rings (SSSR count). The standard InChI is InChI=1S/C24H24ClFS/c1-24(2,19-8-10-20(25)11-9-19)16-4-6-18-5-3-7-23(17-18)27-22-14-12-21(26)13-15-22/h3,5,7-15,17H,4,6,16H2,1-2H3. The maximum absolute atomic E-state index is 13.1. The molecule has 0 nitrogen and oxygen atoms in total. The van der Waals surface area contributed by atoms with Gasteiger partial charge in [-0.3, -0.25) is 0 Å². The van der Waals surface area contributed by atoms with Crippen LogP contribution in [0.3, 0.4) is 0 Å². The van der Waals surface area contributed by atoms with Crippen LogP contribution in [0.1, 0.15) is 37.8 Å². The number of hydrogen-bond acceptors (Lipinski definition) is 1. The van der Waals surface area contributed by atoms with E-state index < -0.39 is 0 Å². The van der Waals surface area contributed by atoms with Gasteiger partial charge < -0.3 is 0 Å². The zero-order valence-electron chi connectivity index (χ0n) is 15.7. The largest absolute Gasteiger partial charge is 0.207 e. The molecule has 0 heterocycles. The third-order valence-electron chi connectivity index (χ3n) is 4.84. The maximum atomic E-state index is 13.1. The summed E-state index contributed by atoms with van der Waals surface area (Å²) in [6, 6.07) is 23.5.